The van der Waals surface area contributed by atoms with Gasteiger partial charge in [0.1, 0.15) is 0 Å². The molecule has 0 bridgehead atoms. The van der Waals surface area contributed by atoms with Gasteiger partial charge < -0.3 is 5.32 Å². The second-order valence-electron chi connectivity index (χ2n) is 5.13. The number of nitrogens with one attached hydrogen (secondary N) is 2. The molecule has 7 nitrogen and oxygen atoms in total. The smallest absolute Gasteiger partial charge is 0.272 e. The van der Waals surface area contributed by atoms with Crippen LogP contribution in [0.5, 0.6) is 0 Å². The number of nitrogens with zero attached hydrogens (tertiary/aromatic N) is 1. The summed E-state index contributed by atoms with van der Waals surface area (Å²) < 4.78 is 27.0. The first-order chi connectivity index (χ1) is 9.92. The highest BCUT2D eigenvalue weighted by Gasteiger charge is 2.27. The van der Waals surface area contributed by atoms with E-state index in [0.29, 0.717) is 37.1 Å². The van der Waals surface area contributed by atoms with E-state index in [0.717, 1.165) is 0 Å². The Kier molecular flexibility index (Phi) is 4.92. The highest BCUT2D eigenvalue weighted by molar-refractivity contribution is 7.90. The topological polar surface area (TPSA) is 101 Å². The van der Waals surface area contributed by atoms with Gasteiger partial charge in [0.05, 0.1) is 10.2 Å². The van der Waals surface area contributed by atoms with Crippen molar-refractivity contribution < 1.29 is 13.3 Å². The fourth-order valence-corrected chi connectivity index (χ4v) is 3.91. The lowest BCUT2D eigenvalue weighted by Gasteiger charge is -2.23. The molecule has 8 heteroatoms. The van der Waals surface area contributed by atoms with Gasteiger partial charge in [0.2, 0.25) is 10.0 Å². The fourth-order valence-electron chi connectivity index (χ4n) is 2.46. The first-order valence-electron chi connectivity index (χ1n) is 6.84. The predicted molar refractivity (Wildman–Crippen MR) is 79.5 cm³/mol. The van der Waals surface area contributed by atoms with E-state index in [-0.39, 0.29) is 12.2 Å². The highest BCUT2D eigenvalue weighted by atomic mass is 32.2. The largest absolute Gasteiger partial charge is 0.317 e. The molecule has 1 aliphatic heterocycles. The summed E-state index contributed by atoms with van der Waals surface area (Å²) in [5, 5.41) is 13.6. The zero-order valence-electron chi connectivity index (χ0n) is 11.8. The van der Waals surface area contributed by atoms with Crippen molar-refractivity contribution in [3.8, 4) is 0 Å². The van der Waals surface area contributed by atoms with Gasteiger partial charge in [-0.25, -0.2) is 13.1 Å². The third-order valence-electron chi connectivity index (χ3n) is 3.80. The minimum Gasteiger partial charge on any atom is -0.317 e. The normalized spacial score (nSPS) is 16.8. The molecule has 0 radical (unpaired) electrons. The van der Waals surface area contributed by atoms with Gasteiger partial charge in [0, 0.05) is 18.2 Å². The Morgan fingerprint density at radius 3 is 2.67 bits per heavy atom. The molecule has 0 aromatic heterocycles. The third kappa shape index (κ3) is 3.78. The molecule has 0 spiro atoms. The first-order valence-corrected chi connectivity index (χ1v) is 8.38. The summed E-state index contributed by atoms with van der Waals surface area (Å²) >= 11 is 0. The minimum absolute atomic E-state index is 0.00793. The molecule has 1 aliphatic rings. The van der Waals surface area contributed by atoms with E-state index >= 15 is 0 Å². The van der Waals surface area contributed by atoms with Crippen LogP contribution in [0.2, 0.25) is 0 Å². The van der Waals surface area contributed by atoms with Gasteiger partial charge >= 0.3 is 0 Å². The molecule has 2 rings (SSSR count). The van der Waals surface area contributed by atoms with Crippen molar-refractivity contribution >= 4 is 15.7 Å². The fraction of sp³-hybridized carbons (Fsp3) is 0.538. The van der Waals surface area contributed by atoms with Crippen LogP contribution in [-0.2, 0) is 16.6 Å². The number of rotatable bonds is 5. The first kappa shape index (κ1) is 15.9. The average molecular weight is 313 g/mol. The van der Waals surface area contributed by atoms with Crippen molar-refractivity contribution in [2.75, 3.05) is 13.1 Å². The number of nitro benzene ring substituents is 1. The molecule has 1 aromatic rings. The van der Waals surface area contributed by atoms with Crippen LogP contribution in [-0.4, -0.2) is 31.7 Å². The minimum atomic E-state index is -3.39. The lowest BCUT2D eigenvalue weighted by atomic mass is 10.1. The predicted octanol–water partition coefficient (Wildman–Crippen LogP) is 1.07. The Labute approximate surface area is 123 Å². The Morgan fingerprint density at radius 1 is 1.38 bits per heavy atom. The van der Waals surface area contributed by atoms with E-state index in [9.17, 15) is 18.5 Å². The Balaban J connectivity index is 2.09. The van der Waals surface area contributed by atoms with Gasteiger partial charge in [-0.15, -0.1) is 0 Å². The number of hydrogen-bond donors (Lipinski definition) is 2. The lowest BCUT2D eigenvalue weighted by Crippen LogP contribution is -2.41. The summed E-state index contributed by atoms with van der Waals surface area (Å²) in [6.45, 7) is 3.11. The van der Waals surface area contributed by atoms with E-state index in [4.69, 9.17) is 0 Å². The van der Waals surface area contributed by atoms with Crippen LogP contribution in [0.15, 0.2) is 18.2 Å². The standard InChI is InChI=1S/C13H19N3O4S/c1-10-11(3-2-4-13(10)16(17)18)9-15-21(19,20)12-5-7-14-8-6-12/h2-4,12,14-15H,5-9H2,1H3. The number of benzene rings is 1. The van der Waals surface area contributed by atoms with Gasteiger partial charge in [0.25, 0.3) is 5.69 Å². The third-order valence-corrected chi connectivity index (χ3v) is 5.70. The molecule has 2 N–H and O–H groups in total. The van der Waals surface area contributed by atoms with Crippen LogP contribution >= 0.6 is 0 Å². The summed E-state index contributed by atoms with van der Waals surface area (Å²) in [6.07, 6.45) is 1.17. The Morgan fingerprint density at radius 2 is 2.05 bits per heavy atom. The molecule has 0 unspecified atom stereocenters. The van der Waals surface area contributed by atoms with E-state index in [1.807, 2.05) is 0 Å². The van der Waals surface area contributed by atoms with Crippen LogP contribution in [0.25, 0.3) is 0 Å². The molecule has 1 heterocycles. The van der Waals surface area contributed by atoms with Gasteiger partial charge in [-0.2, -0.15) is 0 Å². The van der Waals surface area contributed by atoms with Crippen molar-refractivity contribution in [3.05, 3.63) is 39.4 Å². The number of sulfonamides is 1. The highest BCUT2D eigenvalue weighted by Crippen LogP contribution is 2.21. The summed E-state index contributed by atoms with van der Waals surface area (Å²) in [4.78, 5) is 10.4. The quantitative estimate of drug-likeness (QED) is 0.625. The van der Waals surface area contributed by atoms with Crippen molar-refractivity contribution in [2.24, 2.45) is 0 Å². The van der Waals surface area contributed by atoms with Crippen molar-refractivity contribution in [1.29, 1.82) is 0 Å². The van der Waals surface area contributed by atoms with Gasteiger partial charge in [-0.1, -0.05) is 12.1 Å². The molecular formula is C13H19N3O4S. The summed E-state index contributed by atoms with van der Waals surface area (Å²) in [7, 11) is -3.39. The van der Waals surface area contributed by atoms with Crippen molar-refractivity contribution in [1.82, 2.24) is 10.0 Å². The van der Waals surface area contributed by atoms with E-state index in [1.165, 1.54) is 6.07 Å². The maximum atomic E-state index is 12.2. The van der Waals surface area contributed by atoms with Gasteiger partial charge in [-0.3, -0.25) is 10.1 Å². The lowest BCUT2D eigenvalue weighted by molar-refractivity contribution is -0.385. The molecule has 1 fully saturated rings. The van der Waals surface area contributed by atoms with Crippen molar-refractivity contribution in [3.63, 3.8) is 0 Å². The van der Waals surface area contributed by atoms with Crippen LogP contribution < -0.4 is 10.0 Å². The average Bonchev–Trinajstić information content (AvgIpc) is 2.47. The van der Waals surface area contributed by atoms with E-state index in [2.05, 4.69) is 10.0 Å². The van der Waals surface area contributed by atoms with Crippen LogP contribution in [0, 0.1) is 17.0 Å². The second kappa shape index (κ2) is 6.50. The van der Waals surface area contributed by atoms with Crippen molar-refractivity contribution in [2.45, 2.75) is 31.6 Å². The molecule has 116 valence electrons. The van der Waals surface area contributed by atoms with Crippen LogP contribution in [0.3, 0.4) is 0 Å². The van der Waals surface area contributed by atoms with E-state index in [1.54, 1.807) is 19.1 Å². The number of piperidine rings is 1. The Hall–Kier alpha value is -1.51. The monoisotopic (exact) mass is 313 g/mol. The van der Waals surface area contributed by atoms with E-state index < -0.39 is 20.2 Å². The zero-order valence-corrected chi connectivity index (χ0v) is 12.6. The maximum Gasteiger partial charge on any atom is 0.272 e. The molecule has 0 amide bonds. The Bertz CT molecular complexity index is 624. The van der Waals surface area contributed by atoms with Crippen LogP contribution in [0.1, 0.15) is 24.0 Å². The molecule has 1 saturated heterocycles. The number of nitro groups is 1. The summed E-state index contributed by atoms with van der Waals surface area (Å²) in [5.41, 5.74) is 1.13. The maximum absolute atomic E-state index is 12.2. The van der Waals surface area contributed by atoms with Gasteiger partial charge in [-0.05, 0) is 38.4 Å². The molecule has 21 heavy (non-hydrogen) atoms. The molecule has 0 atom stereocenters. The molecule has 0 aliphatic carbocycles. The van der Waals surface area contributed by atoms with Crippen LogP contribution in [0.4, 0.5) is 5.69 Å². The zero-order chi connectivity index (χ0) is 15.5. The second-order valence-corrected chi connectivity index (χ2v) is 7.18. The molecular weight excluding hydrogens is 294 g/mol. The SMILES string of the molecule is Cc1c(CNS(=O)(=O)C2CCNCC2)cccc1[N+](=O)[O-]. The molecule has 0 saturated carbocycles. The van der Waals surface area contributed by atoms with Gasteiger partial charge in [0.15, 0.2) is 0 Å². The molecule has 1 aromatic carbocycles. The number of hydrogen-bond acceptors (Lipinski definition) is 5. The summed E-state index contributed by atoms with van der Waals surface area (Å²) in [5.74, 6) is 0. The summed E-state index contributed by atoms with van der Waals surface area (Å²) in [6, 6.07) is 4.69.